The summed E-state index contributed by atoms with van der Waals surface area (Å²) in [7, 11) is -3.68. The van der Waals surface area contributed by atoms with Crippen LogP contribution in [0.1, 0.15) is 71.1 Å². The summed E-state index contributed by atoms with van der Waals surface area (Å²) in [6, 6.07) is 8.72. The summed E-state index contributed by atoms with van der Waals surface area (Å²) in [6.45, 7) is 2.65. The van der Waals surface area contributed by atoms with Crippen LogP contribution < -0.4 is 4.72 Å². The van der Waals surface area contributed by atoms with Crippen molar-refractivity contribution in [2.45, 2.75) is 76.0 Å². The lowest BCUT2D eigenvalue weighted by molar-refractivity contribution is 0.549. The van der Waals surface area contributed by atoms with Gasteiger partial charge in [0.1, 0.15) is 4.90 Å². The molecule has 0 atom stereocenters. The van der Waals surface area contributed by atoms with Crippen molar-refractivity contribution in [2.24, 2.45) is 0 Å². The SMILES string of the molecule is CCCCCCCCCCCCNS(=O)(=O)c1cc(Cl)c2ccccc2c1Cl. The van der Waals surface area contributed by atoms with Gasteiger partial charge >= 0.3 is 0 Å². The molecule has 2 rings (SSSR count). The second-order valence-electron chi connectivity index (χ2n) is 7.30. The minimum atomic E-state index is -3.68. The highest BCUT2D eigenvalue weighted by Gasteiger charge is 2.20. The van der Waals surface area contributed by atoms with Gasteiger partial charge in [0.15, 0.2) is 0 Å². The fourth-order valence-electron chi connectivity index (χ4n) is 3.36. The summed E-state index contributed by atoms with van der Waals surface area (Å²) >= 11 is 12.6. The van der Waals surface area contributed by atoms with Crippen LogP contribution >= 0.6 is 23.2 Å². The normalized spacial score (nSPS) is 12.0. The van der Waals surface area contributed by atoms with Crippen LogP contribution in [0.25, 0.3) is 10.8 Å². The zero-order valence-electron chi connectivity index (χ0n) is 16.6. The molecule has 28 heavy (non-hydrogen) atoms. The van der Waals surface area contributed by atoms with Gasteiger partial charge in [-0.15, -0.1) is 0 Å². The third-order valence-electron chi connectivity index (χ3n) is 5.01. The standard InChI is InChI=1S/C22H31Cl2NO2S/c1-2-3-4-5-6-7-8-9-10-13-16-25-28(26,27)21-17-20(23)18-14-11-12-15-19(18)22(21)24/h11-12,14-15,17,25H,2-10,13,16H2,1H3. The molecule has 0 bridgehead atoms. The molecule has 0 aromatic heterocycles. The Kier molecular flexibility index (Phi) is 10.1. The van der Waals surface area contributed by atoms with Gasteiger partial charge < -0.3 is 0 Å². The molecule has 0 unspecified atom stereocenters. The smallest absolute Gasteiger partial charge is 0.211 e. The molecule has 3 nitrogen and oxygen atoms in total. The predicted octanol–water partition coefficient (Wildman–Crippen LogP) is 7.35. The Labute approximate surface area is 179 Å². The largest absolute Gasteiger partial charge is 0.242 e. The van der Waals surface area contributed by atoms with E-state index in [1.165, 1.54) is 51.0 Å². The molecule has 2 aromatic carbocycles. The van der Waals surface area contributed by atoms with Gasteiger partial charge in [0.05, 0.1) is 5.02 Å². The number of hydrogen-bond donors (Lipinski definition) is 1. The van der Waals surface area contributed by atoms with Gasteiger partial charge in [0.2, 0.25) is 10.0 Å². The molecule has 0 spiro atoms. The Morgan fingerprint density at radius 2 is 1.36 bits per heavy atom. The first kappa shape index (κ1) is 23.5. The number of benzene rings is 2. The molecule has 0 aliphatic carbocycles. The van der Waals surface area contributed by atoms with E-state index in [1.54, 1.807) is 6.07 Å². The van der Waals surface area contributed by atoms with E-state index >= 15 is 0 Å². The molecule has 0 radical (unpaired) electrons. The summed E-state index contributed by atoms with van der Waals surface area (Å²) in [5.41, 5.74) is 0. The maximum absolute atomic E-state index is 12.7. The Morgan fingerprint density at radius 3 is 1.96 bits per heavy atom. The van der Waals surface area contributed by atoms with Gasteiger partial charge in [-0.2, -0.15) is 0 Å². The molecular formula is C22H31Cl2NO2S. The number of fused-ring (bicyclic) bond motifs is 1. The lowest BCUT2D eigenvalue weighted by Crippen LogP contribution is -2.25. The van der Waals surface area contributed by atoms with E-state index in [0.29, 0.717) is 17.0 Å². The van der Waals surface area contributed by atoms with Crippen LogP contribution in [-0.4, -0.2) is 15.0 Å². The number of halogens is 2. The number of unbranched alkanes of at least 4 members (excludes halogenated alkanes) is 9. The second-order valence-corrected chi connectivity index (χ2v) is 9.82. The summed E-state index contributed by atoms with van der Waals surface area (Å²) in [6.07, 6.45) is 12.1. The van der Waals surface area contributed by atoms with Crippen molar-refractivity contribution in [3.63, 3.8) is 0 Å². The van der Waals surface area contributed by atoms with Gasteiger partial charge in [-0.05, 0) is 12.5 Å². The molecule has 0 saturated carbocycles. The Morgan fingerprint density at radius 1 is 0.821 bits per heavy atom. The van der Waals surface area contributed by atoms with Crippen LogP contribution in [0.5, 0.6) is 0 Å². The van der Waals surface area contributed by atoms with E-state index in [1.807, 2.05) is 18.2 Å². The molecule has 0 saturated heterocycles. The number of nitrogens with one attached hydrogen (secondary N) is 1. The number of sulfonamides is 1. The molecule has 1 N–H and O–H groups in total. The zero-order chi connectivity index (χ0) is 20.4. The average molecular weight is 444 g/mol. The van der Waals surface area contributed by atoms with Crippen molar-refractivity contribution in [1.29, 1.82) is 0 Å². The lowest BCUT2D eigenvalue weighted by Gasteiger charge is -2.11. The predicted molar refractivity (Wildman–Crippen MR) is 121 cm³/mol. The maximum atomic E-state index is 12.7. The van der Waals surface area contributed by atoms with Crippen molar-refractivity contribution >= 4 is 44.0 Å². The molecule has 0 fully saturated rings. The van der Waals surface area contributed by atoms with Crippen molar-refractivity contribution in [2.75, 3.05) is 6.54 Å². The van der Waals surface area contributed by atoms with Gasteiger partial charge in [0.25, 0.3) is 0 Å². The van der Waals surface area contributed by atoms with Crippen LogP contribution in [0.15, 0.2) is 35.2 Å². The van der Waals surface area contributed by atoms with Crippen LogP contribution in [0.3, 0.4) is 0 Å². The van der Waals surface area contributed by atoms with Crippen LogP contribution in [0.2, 0.25) is 10.0 Å². The van der Waals surface area contributed by atoms with Gasteiger partial charge in [-0.1, -0.05) is 112 Å². The summed E-state index contributed by atoms with van der Waals surface area (Å²) in [4.78, 5) is 0.0462. The molecule has 0 amide bonds. The molecule has 0 aliphatic rings. The highest BCUT2D eigenvalue weighted by Crippen LogP contribution is 2.35. The summed E-state index contributed by atoms with van der Waals surface area (Å²) < 4.78 is 28.0. The lowest BCUT2D eigenvalue weighted by atomic mass is 10.1. The molecule has 156 valence electrons. The number of rotatable bonds is 13. The van der Waals surface area contributed by atoms with Crippen LogP contribution in [0, 0.1) is 0 Å². The fourth-order valence-corrected chi connectivity index (χ4v) is 5.41. The minimum Gasteiger partial charge on any atom is -0.211 e. The average Bonchev–Trinajstić information content (AvgIpc) is 2.69. The highest BCUT2D eigenvalue weighted by molar-refractivity contribution is 7.89. The first-order chi connectivity index (χ1) is 13.5. The minimum absolute atomic E-state index is 0.0462. The monoisotopic (exact) mass is 443 g/mol. The van der Waals surface area contributed by atoms with Crippen molar-refractivity contribution < 1.29 is 8.42 Å². The van der Waals surface area contributed by atoms with Crippen molar-refractivity contribution in [1.82, 2.24) is 4.72 Å². The third kappa shape index (κ3) is 6.91. The van der Waals surface area contributed by atoms with Crippen LogP contribution in [-0.2, 0) is 10.0 Å². The second kappa shape index (κ2) is 12.0. The summed E-state index contributed by atoms with van der Waals surface area (Å²) in [5.74, 6) is 0. The quantitative estimate of drug-likeness (QED) is 0.328. The van der Waals surface area contributed by atoms with E-state index in [2.05, 4.69) is 11.6 Å². The molecule has 0 heterocycles. The van der Waals surface area contributed by atoms with E-state index in [-0.39, 0.29) is 9.92 Å². The fraction of sp³-hybridized carbons (Fsp3) is 0.545. The molecular weight excluding hydrogens is 413 g/mol. The summed E-state index contributed by atoms with van der Waals surface area (Å²) in [5, 5.41) is 2.01. The topological polar surface area (TPSA) is 46.2 Å². The first-order valence-electron chi connectivity index (χ1n) is 10.3. The Bertz CT molecular complexity index is 853. The van der Waals surface area contributed by atoms with E-state index in [4.69, 9.17) is 23.2 Å². The van der Waals surface area contributed by atoms with E-state index < -0.39 is 10.0 Å². The van der Waals surface area contributed by atoms with E-state index in [9.17, 15) is 8.42 Å². The van der Waals surface area contributed by atoms with Crippen molar-refractivity contribution in [3.8, 4) is 0 Å². The molecule has 2 aromatic rings. The van der Waals surface area contributed by atoms with Crippen LogP contribution in [0.4, 0.5) is 0 Å². The number of hydrogen-bond acceptors (Lipinski definition) is 2. The van der Waals surface area contributed by atoms with Gasteiger partial charge in [-0.25, -0.2) is 13.1 Å². The highest BCUT2D eigenvalue weighted by atomic mass is 35.5. The van der Waals surface area contributed by atoms with E-state index in [0.717, 1.165) is 24.6 Å². The maximum Gasteiger partial charge on any atom is 0.242 e. The first-order valence-corrected chi connectivity index (χ1v) is 12.6. The molecule has 0 aliphatic heterocycles. The Hall–Kier alpha value is -0.810. The molecule has 6 heteroatoms. The Balaban J connectivity index is 1.77. The van der Waals surface area contributed by atoms with Gasteiger partial charge in [0, 0.05) is 22.3 Å². The third-order valence-corrected chi connectivity index (χ3v) is 7.32. The zero-order valence-corrected chi connectivity index (χ0v) is 19.0. The van der Waals surface area contributed by atoms with Crippen molar-refractivity contribution in [3.05, 3.63) is 40.4 Å². The van der Waals surface area contributed by atoms with Gasteiger partial charge in [-0.3, -0.25) is 0 Å².